The Morgan fingerprint density at radius 1 is 0.158 bits per heavy atom. The summed E-state index contributed by atoms with van der Waals surface area (Å²) in [4.78, 5) is 5.17. The third kappa shape index (κ3) is 11.7. The SMILES string of the molecule is c1ccc(-c2ccc(-c3ccc4ccc5c(N(c6ccc7c(c6)C6(CCCCC6)c6ccccc6-7)c6ccccc6-c6ccccc6-c6ccccc6-c6ccccc6)cccc5c4c3)cc2-c2ccccc2-c2ccccc2N(c2ccc(-c3cccc4c3ccc3ccccc34)cc2)c2ccc3c(c2)C2(CCCCC2)c2ccccc2-3)cc1. The molecule has 0 aromatic heterocycles. The summed E-state index contributed by atoms with van der Waals surface area (Å²) in [5.74, 6) is 0. The van der Waals surface area contributed by atoms with Crippen LogP contribution < -0.4 is 9.80 Å². The molecule has 120 heavy (non-hydrogen) atoms. The first-order valence-electron chi connectivity index (χ1n) is 43.3. The topological polar surface area (TPSA) is 6.48 Å². The van der Waals surface area contributed by atoms with E-state index >= 15 is 0 Å². The smallest absolute Gasteiger partial charge is 0.0540 e. The molecule has 0 aliphatic heterocycles. The summed E-state index contributed by atoms with van der Waals surface area (Å²) in [6, 6.07) is 157. The van der Waals surface area contributed by atoms with Crippen molar-refractivity contribution in [1.29, 1.82) is 0 Å². The fraction of sp³-hybridized carbons (Fsp3) is 0.102. The molecular formula is C118H88N2. The molecule has 19 aromatic carbocycles. The highest BCUT2D eigenvalue weighted by atomic mass is 15.2. The minimum absolute atomic E-state index is 0.0319. The monoisotopic (exact) mass is 1530 g/mol. The van der Waals surface area contributed by atoms with Gasteiger partial charge in [-0.1, -0.05) is 384 Å². The van der Waals surface area contributed by atoms with Gasteiger partial charge in [0.05, 0.1) is 17.1 Å². The Hall–Kier alpha value is -14.2. The summed E-state index contributed by atoms with van der Waals surface area (Å²) >= 11 is 0. The highest BCUT2D eigenvalue weighted by Gasteiger charge is 2.46. The van der Waals surface area contributed by atoms with Crippen LogP contribution in [0.2, 0.25) is 0 Å². The van der Waals surface area contributed by atoms with Crippen LogP contribution in [0.3, 0.4) is 0 Å². The van der Waals surface area contributed by atoms with Crippen molar-refractivity contribution in [2.45, 2.75) is 75.0 Å². The van der Waals surface area contributed by atoms with Crippen molar-refractivity contribution in [1.82, 2.24) is 0 Å². The van der Waals surface area contributed by atoms with E-state index in [9.17, 15) is 0 Å². The predicted octanol–water partition coefficient (Wildman–Crippen LogP) is 33.0. The van der Waals surface area contributed by atoms with Gasteiger partial charge in [0.25, 0.3) is 0 Å². The number of rotatable bonds is 14. The lowest BCUT2D eigenvalue weighted by atomic mass is 9.68. The van der Waals surface area contributed by atoms with E-state index in [1.165, 1.54) is 193 Å². The summed E-state index contributed by atoms with van der Waals surface area (Å²) in [5, 5.41) is 9.85. The van der Waals surface area contributed by atoms with Gasteiger partial charge < -0.3 is 9.80 Å². The molecule has 19 aromatic rings. The van der Waals surface area contributed by atoms with E-state index in [4.69, 9.17) is 0 Å². The van der Waals surface area contributed by atoms with Gasteiger partial charge in [-0.25, -0.2) is 0 Å². The van der Waals surface area contributed by atoms with Crippen molar-refractivity contribution in [3.63, 3.8) is 0 Å². The zero-order valence-corrected chi connectivity index (χ0v) is 67.2. The lowest BCUT2D eigenvalue weighted by Gasteiger charge is -2.37. The molecule has 0 atom stereocenters. The summed E-state index contributed by atoms with van der Waals surface area (Å²) in [6.07, 6.45) is 12.1. The van der Waals surface area contributed by atoms with Crippen molar-refractivity contribution >= 4 is 77.2 Å². The molecule has 0 unspecified atom stereocenters. The van der Waals surface area contributed by atoms with Gasteiger partial charge in [-0.15, -0.1) is 0 Å². The fourth-order valence-corrected chi connectivity index (χ4v) is 22.0. The van der Waals surface area contributed by atoms with Crippen LogP contribution in [0, 0.1) is 0 Å². The molecular weight excluding hydrogens is 1450 g/mol. The Bertz CT molecular complexity index is 7240. The van der Waals surface area contributed by atoms with Gasteiger partial charge in [0.2, 0.25) is 0 Å². The van der Waals surface area contributed by atoms with E-state index in [-0.39, 0.29) is 10.8 Å². The maximum atomic E-state index is 2.61. The third-order valence-corrected chi connectivity index (χ3v) is 27.5. The van der Waals surface area contributed by atoms with Crippen LogP contribution in [0.4, 0.5) is 34.1 Å². The van der Waals surface area contributed by atoms with Crippen molar-refractivity contribution < 1.29 is 0 Å². The predicted molar refractivity (Wildman–Crippen MR) is 508 cm³/mol. The molecule has 2 fully saturated rings. The minimum atomic E-state index is -0.0440. The Balaban J connectivity index is 0.677. The summed E-state index contributed by atoms with van der Waals surface area (Å²) in [7, 11) is 0. The summed E-state index contributed by atoms with van der Waals surface area (Å²) in [6.45, 7) is 0. The van der Waals surface area contributed by atoms with Crippen LogP contribution in [0.1, 0.15) is 86.5 Å². The Morgan fingerprint density at radius 3 is 1.12 bits per heavy atom. The van der Waals surface area contributed by atoms with Gasteiger partial charge in [-0.3, -0.25) is 0 Å². The van der Waals surface area contributed by atoms with Crippen LogP contribution in [-0.4, -0.2) is 0 Å². The Kier molecular flexibility index (Phi) is 17.5. The highest BCUT2D eigenvalue weighted by Crippen LogP contribution is 2.61. The number of benzene rings is 19. The van der Waals surface area contributed by atoms with Crippen molar-refractivity contribution in [2.24, 2.45) is 0 Å². The van der Waals surface area contributed by atoms with E-state index in [0.29, 0.717) is 0 Å². The zero-order chi connectivity index (χ0) is 79.2. The maximum Gasteiger partial charge on any atom is 0.0540 e. The van der Waals surface area contributed by atoms with E-state index in [2.05, 4.69) is 422 Å². The van der Waals surface area contributed by atoms with E-state index in [1.807, 2.05) is 0 Å². The molecule has 570 valence electrons. The summed E-state index contributed by atoms with van der Waals surface area (Å²) < 4.78 is 0. The van der Waals surface area contributed by atoms with Crippen molar-refractivity contribution in [3.05, 3.63) is 435 Å². The van der Waals surface area contributed by atoms with E-state index in [0.717, 1.165) is 82.1 Å². The van der Waals surface area contributed by atoms with Crippen LogP contribution in [-0.2, 0) is 10.8 Å². The fourth-order valence-electron chi connectivity index (χ4n) is 22.0. The number of hydrogen-bond donors (Lipinski definition) is 0. The van der Waals surface area contributed by atoms with Crippen LogP contribution in [0.5, 0.6) is 0 Å². The molecule has 0 saturated heterocycles. The first kappa shape index (κ1) is 71.2. The molecule has 0 heterocycles. The quantitative estimate of drug-likeness (QED) is 0.100. The lowest BCUT2D eigenvalue weighted by Crippen LogP contribution is -2.28. The molecule has 0 amide bonds. The Morgan fingerprint density at radius 2 is 0.517 bits per heavy atom. The molecule has 2 saturated carbocycles. The van der Waals surface area contributed by atoms with Crippen LogP contribution >= 0.6 is 0 Å². The van der Waals surface area contributed by atoms with Crippen LogP contribution in [0.25, 0.3) is 154 Å². The first-order chi connectivity index (χ1) is 59.5. The second-order valence-electron chi connectivity index (χ2n) is 33.8. The standard InChI is InChI=1S/C118H88N2/c1-5-31-79(32-6-1)89-37-11-12-38-93(89)95-39-13-14-40-96(95)106-46-20-24-53-115(106)120(88-65-70-104-102-44-18-22-51-111(102)118(113(104)78-88)73-27-4-28-74-118)116-54-30-49-99-107(116)68-60-83-55-56-84(75-108(83)99)85-61-66-92(80-33-7-2-8-34-80)109(76-85)98-42-16-15-41-97(98)105-45-19-23-52-114(105)119(87-64-69-103-101-43-17-21-50-110(101)117(112(103)77-87)71-25-3-26-72-117)86-62-57-82(58-63-86)91-47-29-48-94-90-36-10-9-35-81(90)59-67-100(91)94/h1-2,5-24,29-70,75-78H,3-4,25-28,71-74H2. The highest BCUT2D eigenvalue weighted by molar-refractivity contribution is 6.16. The Labute approximate surface area is 703 Å². The maximum absolute atomic E-state index is 2.61. The second kappa shape index (κ2) is 29.5. The number of para-hydroxylation sites is 2. The average Bonchev–Trinajstić information content (AvgIpc) is 1.56. The summed E-state index contributed by atoms with van der Waals surface area (Å²) in [5.41, 5.74) is 37.1. The van der Waals surface area contributed by atoms with Gasteiger partial charge >= 0.3 is 0 Å². The molecule has 23 rings (SSSR count). The second-order valence-corrected chi connectivity index (χ2v) is 33.8. The molecule has 0 radical (unpaired) electrons. The molecule has 2 nitrogen and oxygen atoms in total. The van der Waals surface area contributed by atoms with Gasteiger partial charge in [-0.05, 0) is 253 Å². The van der Waals surface area contributed by atoms with Crippen molar-refractivity contribution in [3.8, 4) is 111 Å². The molecule has 4 aliphatic carbocycles. The van der Waals surface area contributed by atoms with Crippen molar-refractivity contribution in [2.75, 3.05) is 9.80 Å². The molecule has 2 heteroatoms. The number of hydrogen-bond acceptors (Lipinski definition) is 2. The number of anilines is 6. The first-order valence-corrected chi connectivity index (χ1v) is 43.3. The van der Waals surface area contributed by atoms with Crippen LogP contribution in [0.15, 0.2) is 413 Å². The third-order valence-electron chi connectivity index (χ3n) is 27.5. The minimum Gasteiger partial charge on any atom is -0.310 e. The van der Waals surface area contributed by atoms with Gasteiger partial charge in [0.1, 0.15) is 0 Å². The lowest BCUT2D eigenvalue weighted by molar-refractivity contribution is 0.353. The molecule has 0 N–H and O–H groups in total. The van der Waals surface area contributed by atoms with Gasteiger partial charge in [0, 0.05) is 44.4 Å². The zero-order valence-electron chi connectivity index (χ0n) is 67.2. The van der Waals surface area contributed by atoms with Gasteiger partial charge in [0.15, 0.2) is 0 Å². The number of fused-ring (bicyclic) bond motifs is 16. The molecule has 2 spiro atoms. The molecule has 0 bridgehead atoms. The average molecular weight is 1530 g/mol. The largest absolute Gasteiger partial charge is 0.310 e. The van der Waals surface area contributed by atoms with E-state index < -0.39 is 0 Å². The van der Waals surface area contributed by atoms with Gasteiger partial charge in [-0.2, -0.15) is 0 Å². The normalized spacial score (nSPS) is 14.1. The number of nitrogens with zero attached hydrogens (tertiary/aromatic N) is 2. The van der Waals surface area contributed by atoms with E-state index in [1.54, 1.807) is 0 Å². The molecule has 4 aliphatic rings.